The standard InChI is InChI=1S/C13H18BrFS/c1-2-16-8-4-6-12(10-14)11-5-3-7-13(15)9-11/h3,5,7,9,12H,2,4,6,8,10H2,1H3. The van der Waals surface area contributed by atoms with Crippen molar-refractivity contribution < 1.29 is 4.39 Å². The Kier molecular flexibility index (Phi) is 7.13. The molecule has 0 aliphatic heterocycles. The van der Waals surface area contributed by atoms with Crippen LogP contribution in [0.3, 0.4) is 0 Å². The molecule has 3 heteroatoms. The summed E-state index contributed by atoms with van der Waals surface area (Å²) in [7, 11) is 0. The number of halogens is 2. The maximum atomic E-state index is 13.1. The number of thioether (sulfide) groups is 1. The Morgan fingerprint density at radius 3 is 2.88 bits per heavy atom. The van der Waals surface area contributed by atoms with E-state index in [1.165, 1.54) is 24.0 Å². The zero-order valence-corrected chi connectivity index (χ0v) is 12.0. The van der Waals surface area contributed by atoms with E-state index in [0.29, 0.717) is 5.92 Å². The maximum Gasteiger partial charge on any atom is 0.123 e. The highest BCUT2D eigenvalue weighted by Gasteiger charge is 2.10. The third-order valence-electron chi connectivity index (χ3n) is 2.55. The molecular weight excluding hydrogens is 287 g/mol. The van der Waals surface area contributed by atoms with E-state index in [2.05, 4.69) is 22.9 Å². The quantitative estimate of drug-likeness (QED) is 0.513. The van der Waals surface area contributed by atoms with Crippen LogP contribution in [0.5, 0.6) is 0 Å². The first kappa shape index (κ1) is 14.0. The van der Waals surface area contributed by atoms with E-state index in [-0.39, 0.29) is 5.82 Å². The third kappa shape index (κ3) is 4.88. The molecule has 0 fully saturated rings. The largest absolute Gasteiger partial charge is 0.207 e. The lowest BCUT2D eigenvalue weighted by molar-refractivity contribution is 0.616. The highest BCUT2D eigenvalue weighted by molar-refractivity contribution is 9.09. The van der Waals surface area contributed by atoms with Crippen LogP contribution in [0.25, 0.3) is 0 Å². The van der Waals surface area contributed by atoms with Crippen LogP contribution in [-0.2, 0) is 0 Å². The Hall–Kier alpha value is -0.0200. The number of hydrogen-bond acceptors (Lipinski definition) is 1. The van der Waals surface area contributed by atoms with Gasteiger partial charge < -0.3 is 0 Å². The molecule has 1 unspecified atom stereocenters. The minimum absolute atomic E-state index is 0.133. The van der Waals surface area contributed by atoms with E-state index in [1.54, 1.807) is 12.1 Å². The maximum absolute atomic E-state index is 13.1. The molecule has 0 saturated carbocycles. The Labute approximate surface area is 110 Å². The lowest BCUT2D eigenvalue weighted by Crippen LogP contribution is -2.01. The second-order valence-electron chi connectivity index (χ2n) is 3.75. The predicted molar refractivity (Wildman–Crippen MR) is 75.2 cm³/mol. The van der Waals surface area contributed by atoms with Crippen LogP contribution >= 0.6 is 27.7 Å². The first-order valence-corrected chi connectivity index (χ1v) is 7.94. The lowest BCUT2D eigenvalue weighted by Gasteiger charge is -2.14. The molecule has 0 aliphatic rings. The fraction of sp³-hybridized carbons (Fsp3) is 0.538. The van der Waals surface area contributed by atoms with Crippen molar-refractivity contribution in [3.63, 3.8) is 0 Å². The first-order chi connectivity index (χ1) is 7.77. The van der Waals surface area contributed by atoms with Crippen LogP contribution in [0, 0.1) is 5.82 Å². The van der Waals surface area contributed by atoms with Crippen molar-refractivity contribution in [1.29, 1.82) is 0 Å². The van der Waals surface area contributed by atoms with Gasteiger partial charge in [-0.05, 0) is 48.0 Å². The van der Waals surface area contributed by atoms with Crippen LogP contribution in [0.2, 0.25) is 0 Å². The second-order valence-corrected chi connectivity index (χ2v) is 5.79. The molecule has 0 N–H and O–H groups in total. The Morgan fingerprint density at radius 1 is 1.44 bits per heavy atom. The number of benzene rings is 1. The molecule has 0 nitrogen and oxygen atoms in total. The normalized spacial score (nSPS) is 12.7. The summed E-state index contributed by atoms with van der Waals surface area (Å²) in [4.78, 5) is 0. The van der Waals surface area contributed by atoms with Gasteiger partial charge in [-0.25, -0.2) is 4.39 Å². The summed E-state index contributed by atoms with van der Waals surface area (Å²) in [5.41, 5.74) is 1.11. The molecule has 0 heterocycles. The van der Waals surface area contributed by atoms with E-state index in [9.17, 15) is 4.39 Å². The summed E-state index contributed by atoms with van der Waals surface area (Å²) in [6, 6.07) is 6.96. The van der Waals surface area contributed by atoms with Gasteiger partial charge in [0.1, 0.15) is 5.82 Å². The lowest BCUT2D eigenvalue weighted by atomic mass is 9.96. The second kappa shape index (κ2) is 8.13. The fourth-order valence-corrected chi connectivity index (χ4v) is 3.03. The highest BCUT2D eigenvalue weighted by atomic mass is 79.9. The molecule has 0 amide bonds. The van der Waals surface area contributed by atoms with Crippen molar-refractivity contribution in [1.82, 2.24) is 0 Å². The Morgan fingerprint density at radius 2 is 2.25 bits per heavy atom. The molecule has 1 aromatic carbocycles. The molecule has 0 aromatic heterocycles. The van der Waals surface area contributed by atoms with Crippen molar-refractivity contribution in [3.05, 3.63) is 35.6 Å². The first-order valence-electron chi connectivity index (χ1n) is 5.67. The van der Waals surface area contributed by atoms with Gasteiger partial charge in [-0.3, -0.25) is 0 Å². The molecule has 16 heavy (non-hydrogen) atoms. The molecule has 0 saturated heterocycles. The third-order valence-corrected chi connectivity index (χ3v) is 4.32. The highest BCUT2D eigenvalue weighted by Crippen LogP contribution is 2.24. The fourth-order valence-electron chi connectivity index (χ4n) is 1.67. The van der Waals surface area contributed by atoms with Crippen LogP contribution < -0.4 is 0 Å². The smallest absolute Gasteiger partial charge is 0.123 e. The summed E-state index contributed by atoms with van der Waals surface area (Å²) in [5.74, 6) is 2.69. The van der Waals surface area contributed by atoms with E-state index in [4.69, 9.17) is 0 Å². The van der Waals surface area contributed by atoms with Crippen LogP contribution in [-0.4, -0.2) is 16.8 Å². The average Bonchev–Trinajstić information content (AvgIpc) is 2.29. The molecule has 0 radical (unpaired) electrons. The van der Waals surface area contributed by atoms with E-state index in [0.717, 1.165) is 17.3 Å². The number of hydrogen-bond donors (Lipinski definition) is 0. The molecule has 90 valence electrons. The van der Waals surface area contributed by atoms with Gasteiger partial charge >= 0.3 is 0 Å². The SMILES string of the molecule is CCSCCCC(CBr)c1cccc(F)c1. The molecule has 0 bridgehead atoms. The van der Waals surface area contributed by atoms with E-state index >= 15 is 0 Å². The van der Waals surface area contributed by atoms with Gasteiger partial charge in [-0.2, -0.15) is 11.8 Å². The van der Waals surface area contributed by atoms with Crippen LogP contribution in [0.4, 0.5) is 4.39 Å². The minimum atomic E-state index is -0.133. The molecular formula is C13H18BrFS. The van der Waals surface area contributed by atoms with Gasteiger partial charge in [-0.15, -0.1) is 0 Å². The molecule has 0 spiro atoms. The zero-order chi connectivity index (χ0) is 11.8. The van der Waals surface area contributed by atoms with Gasteiger partial charge in [0.15, 0.2) is 0 Å². The van der Waals surface area contributed by atoms with Crippen molar-refractivity contribution in [3.8, 4) is 0 Å². The zero-order valence-electron chi connectivity index (χ0n) is 9.59. The van der Waals surface area contributed by atoms with Crippen molar-refractivity contribution in [2.45, 2.75) is 25.7 Å². The summed E-state index contributed by atoms with van der Waals surface area (Å²) >= 11 is 5.49. The molecule has 1 aromatic rings. The summed E-state index contributed by atoms with van der Waals surface area (Å²) in [5, 5.41) is 0.910. The van der Waals surface area contributed by atoms with Crippen molar-refractivity contribution in [2.75, 3.05) is 16.8 Å². The summed E-state index contributed by atoms with van der Waals surface area (Å²) in [6.07, 6.45) is 2.33. The van der Waals surface area contributed by atoms with Crippen molar-refractivity contribution in [2.24, 2.45) is 0 Å². The van der Waals surface area contributed by atoms with Gasteiger partial charge in [0.25, 0.3) is 0 Å². The average molecular weight is 305 g/mol. The van der Waals surface area contributed by atoms with Crippen molar-refractivity contribution >= 4 is 27.7 Å². The Bertz CT molecular complexity index is 304. The number of rotatable bonds is 7. The van der Waals surface area contributed by atoms with E-state index in [1.807, 2.05) is 17.8 Å². The predicted octanol–water partition coefficient (Wildman–Crippen LogP) is 4.84. The van der Waals surface area contributed by atoms with Gasteiger partial charge in [0.05, 0.1) is 0 Å². The molecule has 0 aliphatic carbocycles. The minimum Gasteiger partial charge on any atom is -0.207 e. The van der Waals surface area contributed by atoms with Crippen LogP contribution in [0.15, 0.2) is 24.3 Å². The van der Waals surface area contributed by atoms with E-state index < -0.39 is 0 Å². The Balaban J connectivity index is 2.47. The number of alkyl halides is 1. The summed E-state index contributed by atoms with van der Waals surface area (Å²) < 4.78 is 13.1. The van der Waals surface area contributed by atoms with Gasteiger partial charge in [-0.1, -0.05) is 35.0 Å². The molecule has 1 atom stereocenters. The summed E-state index contributed by atoms with van der Waals surface area (Å²) in [6.45, 7) is 2.18. The monoisotopic (exact) mass is 304 g/mol. The topological polar surface area (TPSA) is 0 Å². The van der Waals surface area contributed by atoms with Crippen LogP contribution in [0.1, 0.15) is 31.2 Å². The van der Waals surface area contributed by atoms with Gasteiger partial charge in [0.2, 0.25) is 0 Å². The molecule has 1 rings (SSSR count). The van der Waals surface area contributed by atoms with Gasteiger partial charge in [0, 0.05) is 5.33 Å².